The van der Waals surface area contributed by atoms with Crippen LogP contribution in [0.4, 0.5) is 0 Å². The zero-order chi connectivity index (χ0) is 27.5. The maximum atomic E-state index is 14.5. The van der Waals surface area contributed by atoms with Crippen LogP contribution in [-0.4, -0.2) is 21.3 Å². The Labute approximate surface area is 227 Å². The third kappa shape index (κ3) is 2.96. The minimum atomic E-state index is -0.632. The van der Waals surface area contributed by atoms with Crippen LogP contribution < -0.4 is 0 Å². The van der Waals surface area contributed by atoms with E-state index in [0.717, 1.165) is 44.9 Å². The fourth-order valence-electron chi connectivity index (χ4n) is 10.5. The Hall–Kier alpha value is -2.48. The topological polar surface area (TPSA) is 75.8 Å². The first-order valence-electron chi connectivity index (χ1n) is 14.6. The summed E-state index contributed by atoms with van der Waals surface area (Å²) in [6, 6.07) is 4.23. The number of hydrogen-bond acceptors (Lipinski definition) is 4. The molecule has 5 aliphatic rings. The minimum Gasteiger partial charge on any atom is -0.295 e. The first-order chi connectivity index (χ1) is 17.7. The number of fused-ring (bicyclic) bond motifs is 7. The number of ketones is 2. The van der Waals surface area contributed by atoms with Crippen LogP contribution in [0.2, 0.25) is 0 Å². The molecule has 6 rings (SSSR count). The smallest absolute Gasteiger partial charge is 0.178 e. The summed E-state index contributed by atoms with van der Waals surface area (Å²) in [5.74, 6) is 0.442. The van der Waals surface area contributed by atoms with Crippen LogP contribution >= 0.6 is 0 Å². The summed E-state index contributed by atoms with van der Waals surface area (Å²) in [7, 11) is 0. The highest BCUT2D eigenvalue weighted by Crippen LogP contribution is 2.74. The maximum Gasteiger partial charge on any atom is 0.178 e. The number of hydrogen-bond donors (Lipinski definition) is 0. The van der Waals surface area contributed by atoms with Crippen LogP contribution in [0.5, 0.6) is 0 Å². The molecule has 38 heavy (non-hydrogen) atoms. The molecule has 1 aromatic rings. The molecule has 0 radical (unpaired) electrons. The number of carbonyl (C=O) groups excluding carboxylic acids is 2. The highest BCUT2D eigenvalue weighted by atomic mass is 16.1. The molecule has 7 atom stereocenters. The lowest BCUT2D eigenvalue weighted by atomic mass is 9.35. The molecule has 3 saturated carbocycles. The van der Waals surface area contributed by atoms with Gasteiger partial charge in [-0.05, 0) is 85.2 Å². The lowest BCUT2D eigenvalue weighted by molar-refractivity contribution is -0.169. The van der Waals surface area contributed by atoms with E-state index in [1.165, 1.54) is 5.57 Å². The Morgan fingerprint density at radius 1 is 1.00 bits per heavy atom. The Bertz CT molecular complexity index is 1330. The quantitative estimate of drug-likeness (QED) is 0.413. The molecule has 0 N–H and O–H groups in total. The lowest BCUT2D eigenvalue weighted by Gasteiger charge is -2.69. The number of aromatic nitrogens is 2. The van der Waals surface area contributed by atoms with Crippen molar-refractivity contribution in [3.63, 3.8) is 0 Å². The van der Waals surface area contributed by atoms with Crippen molar-refractivity contribution in [1.82, 2.24) is 9.78 Å². The van der Waals surface area contributed by atoms with E-state index in [1.807, 2.05) is 38.3 Å². The highest BCUT2D eigenvalue weighted by Gasteiger charge is 2.70. The second-order valence-electron chi connectivity index (χ2n) is 15.3. The van der Waals surface area contributed by atoms with Crippen molar-refractivity contribution in [2.75, 3.05) is 0 Å². The SMILES string of the molecule is CC1(C)CC[C@]2(n3cccn3)CC[C@]3(C)[C@H](C(=O)C=C4[C@@]5(C)C=C(C#N)C(=O)C(C)(C)[C@@H]5CC[C@]43C)[C@@H]2C1. The molecular formula is C33H43N3O2. The number of nitrogens with zero attached hydrogens (tertiary/aromatic N) is 3. The van der Waals surface area contributed by atoms with Crippen molar-refractivity contribution >= 4 is 11.6 Å². The zero-order valence-electron chi connectivity index (χ0n) is 24.2. The standard InChI is InChI=1S/C33H43N3O2/c1-28(2)11-13-33(36-16-8-15-35-36)14-12-32(7)26(22(33)19-28)23(37)17-25-30(5)18-21(20-34)27(38)29(3,4)24(30)9-10-31(25,32)6/h8,15-18,22,24,26H,9-14,19H2,1-7H3/t22-,24-,26-,30-,31+,32+,33-/m0/s1. The lowest BCUT2D eigenvalue weighted by Crippen LogP contribution is -2.66. The van der Waals surface area contributed by atoms with Crippen LogP contribution in [-0.2, 0) is 15.1 Å². The summed E-state index contributed by atoms with van der Waals surface area (Å²) in [6.07, 6.45) is 15.1. The van der Waals surface area contributed by atoms with Crippen LogP contribution in [0, 0.1) is 56.2 Å². The van der Waals surface area contributed by atoms with Crippen molar-refractivity contribution in [3.8, 4) is 6.07 Å². The summed E-state index contributed by atoms with van der Waals surface area (Å²) in [6.45, 7) is 15.7. The monoisotopic (exact) mass is 513 g/mol. The Morgan fingerprint density at radius 3 is 2.37 bits per heavy atom. The van der Waals surface area contributed by atoms with Gasteiger partial charge in [0.1, 0.15) is 6.07 Å². The molecule has 3 fully saturated rings. The summed E-state index contributed by atoms with van der Waals surface area (Å²) in [4.78, 5) is 27.8. The molecule has 0 aliphatic heterocycles. The molecule has 0 spiro atoms. The predicted molar refractivity (Wildman–Crippen MR) is 147 cm³/mol. The average Bonchev–Trinajstić information content (AvgIpc) is 3.38. The number of rotatable bonds is 1. The van der Waals surface area contributed by atoms with Gasteiger partial charge < -0.3 is 0 Å². The van der Waals surface area contributed by atoms with Gasteiger partial charge in [0.15, 0.2) is 11.6 Å². The van der Waals surface area contributed by atoms with Gasteiger partial charge in [-0.3, -0.25) is 14.3 Å². The predicted octanol–water partition coefficient (Wildman–Crippen LogP) is 6.81. The molecule has 0 bridgehead atoms. The first-order valence-corrected chi connectivity index (χ1v) is 14.6. The van der Waals surface area contributed by atoms with Crippen molar-refractivity contribution in [3.05, 3.63) is 41.8 Å². The van der Waals surface area contributed by atoms with Gasteiger partial charge in [0.2, 0.25) is 0 Å². The molecule has 1 heterocycles. The largest absolute Gasteiger partial charge is 0.295 e. The van der Waals surface area contributed by atoms with Crippen molar-refractivity contribution < 1.29 is 9.59 Å². The van der Waals surface area contributed by atoms with Gasteiger partial charge in [-0.2, -0.15) is 10.4 Å². The van der Waals surface area contributed by atoms with Gasteiger partial charge in [0.25, 0.3) is 0 Å². The summed E-state index contributed by atoms with van der Waals surface area (Å²) >= 11 is 0. The van der Waals surface area contributed by atoms with Crippen LogP contribution in [0.1, 0.15) is 93.4 Å². The molecule has 202 valence electrons. The van der Waals surface area contributed by atoms with Gasteiger partial charge in [0, 0.05) is 29.1 Å². The maximum absolute atomic E-state index is 14.5. The van der Waals surface area contributed by atoms with E-state index in [9.17, 15) is 14.9 Å². The second-order valence-corrected chi connectivity index (χ2v) is 15.3. The molecule has 1 aromatic heterocycles. The van der Waals surface area contributed by atoms with E-state index in [0.29, 0.717) is 0 Å². The molecular weight excluding hydrogens is 470 g/mol. The number of Topliss-reactive ketones (excluding diaryl/α,β-unsaturated/α-hetero) is 1. The van der Waals surface area contributed by atoms with Gasteiger partial charge in [-0.25, -0.2) is 0 Å². The normalized spacial score (nSPS) is 44.9. The van der Waals surface area contributed by atoms with E-state index >= 15 is 0 Å². The Morgan fingerprint density at radius 2 is 1.71 bits per heavy atom. The average molecular weight is 514 g/mol. The molecule has 5 aliphatic carbocycles. The van der Waals surface area contributed by atoms with Gasteiger partial charge >= 0.3 is 0 Å². The Balaban J connectivity index is 1.54. The molecule has 0 saturated heterocycles. The van der Waals surface area contributed by atoms with E-state index in [2.05, 4.69) is 51.6 Å². The third-order valence-corrected chi connectivity index (χ3v) is 12.8. The summed E-state index contributed by atoms with van der Waals surface area (Å²) in [5, 5.41) is 14.7. The van der Waals surface area contributed by atoms with Crippen LogP contribution in [0.3, 0.4) is 0 Å². The van der Waals surface area contributed by atoms with Crippen molar-refractivity contribution in [2.45, 2.75) is 99.0 Å². The fraction of sp³-hybridized carbons (Fsp3) is 0.697. The Kier molecular flexibility index (Phi) is 5.14. The van der Waals surface area contributed by atoms with Crippen molar-refractivity contribution in [1.29, 1.82) is 5.26 Å². The summed E-state index contributed by atoms with van der Waals surface area (Å²) < 4.78 is 2.21. The molecule has 5 nitrogen and oxygen atoms in total. The van der Waals surface area contributed by atoms with E-state index < -0.39 is 10.8 Å². The number of allylic oxidation sites excluding steroid dienone is 4. The summed E-state index contributed by atoms with van der Waals surface area (Å²) in [5.41, 5.74) is 0.00924. The first kappa shape index (κ1) is 25.8. The highest BCUT2D eigenvalue weighted by molar-refractivity contribution is 6.04. The zero-order valence-corrected chi connectivity index (χ0v) is 24.2. The minimum absolute atomic E-state index is 0.0518. The number of carbonyl (C=O) groups is 2. The van der Waals surface area contributed by atoms with Crippen molar-refractivity contribution in [2.24, 2.45) is 44.8 Å². The molecule has 0 unspecified atom stereocenters. The van der Waals surface area contributed by atoms with Gasteiger partial charge in [0.05, 0.1) is 11.1 Å². The van der Waals surface area contributed by atoms with Crippen LogP contribution in [0.15, 0.2) is 41.8 Å². The molecule has 5 heteroatoms. The molecule has 0 amide bonds. The van der Waals surface area contributed by atoms with Gasteiger partial charge in [-0.1, -0.05) is 60.1 Å². The third-order valence-electron chi connectivity index (χ3n) is 12.8. The molecule has 0 aromatic carbocycles. The number of nitriles is 1. The van der Waals surface area contributed by atoms with E-state index in [1.54, 1.807) is 0 Å². The fourth-order valence-corrected chi connectivity index (χ4v) is 10.5. The van der Waals surface area contributed by atoms with Crippen LogP contribution in [0.25, 0.3) is 0 Å². The van der Waals surface area contributed by atoms with E-state index in [4.69, 9.17) is 5.10 Å². The van der Waals surface area contributed by atoms with E-state index in [-0.39, 0.29) is 56.7 Å². The second kappa shape index (κ2) is 7.58. The van der Waals surface area contributed by atoms with Gasteiger partial charge in [-0.15, -0.1) is 0 Å².